The molecule has 1 aromatic heterocycles. The lowest BCUT2D eigenvalue weighted by Gasteiger charge is -2.30. The van der Waals surface area contributed by atoms with Crippen LogP contribution in [0.2, 0.25) is 0 Å². The van der Waals surface area contributed by atoms with Crippen molar-refractivity contribution in [1.82, 2.24) is 4.98 Å². The molecule has 0 atom stereocenters. The topological polar surface area (TPSA) is 75.7 Å². The standard InChI is InChI=1S/C20H26N4O3/c1-20(2,3)27-19(25)22-15-8-9-18(21-14-15)23-16-6-4-5-7-17(16)24-10-12-26-13-11-24/h4-9,14H,10-13H2,1-3H3,(H,21,23)(H,22,25). The maximum atomic E-state index is 11.8. The lowest BCUT2D eigenvalue weighted by Crippen LogP contribution is -2.36. The quantitative estimate of drug-likeness (QED) is 0.847. The molecule has 1 aliphatic heterocycles. The predicted molar refractivity (Wildman–Crippen MR) is 107 cm³/mol. The number of anilines is 4. The minimum absolute atomic E-state index is 0.498. The van der Waals surface area contributed by atoms with Gasteiger partial charge < -0.3 is 19.7 Å². The Morgan fingerprint density at radius 1 is 1.15 bits per heavy atom. The maximum absolute atomic E-state index is 11.8. The van der Waals surface area contributed by atoms with Crippen molar-refractivity contribution >= 4 is 29.0 Å². The normalized spacial score (nSPS) is 14.6. The van der Waals surface area contributed by atoms with Gasteiger partial charge in [0.05, 0.1) is 36.5 Å². The van der Waals surface area contributed by atoms with E-state index < -0.39 is 11.7 Å². The molecule has 0 spiro atoms. The number of pyridine rings is 1. The molecule has 3 rings (SSSR count). The number of nitrogens with zero attached hydrogens (tertiary/aromatic N) is 2. The molecule has 0 aliphatic carbocycles. The number of carbonyl (C=O) groups excluding carboxylic acids is 1. The van der Waals surface area contributed by atoms with E-state index in [9.17, 15) is 4.79 Å². The number of benzene rings is 1. The number of morpholine rings is 1. The van der Waals surface area contributed by atoms with Crippen molar-refractivity contribution in [3.63, 3.8) is 0 Å². The predicted octanol–water partition coefficient (Wildman–Crippen LogP) is 4.01. The lowest BCUT2D eigenvalue weighted by molar-refractivity contribution is 0.0636. The molecule has 2 N–H and O–H groups in total. The molecule has 1 fully saturated rings. The zero-order valence-electron chi connectivity index (χ0n) is 16.0. The molecule has 27 heavy (non-hydrogen) atoms. The molecule has 7 nitrogen and oxygen atoms in total. The zero-order valence-corrected chi connectivity index (χ0v) is 16.0. The van der Waals surface area contributed by atoms with Gasteiger partial charge in [0.2, 0.25) is 0 Å². The van der Waals surface area contributed by atoms with E-state index in [2.05, 4.69) is 26.6 Å². The van der Waals surface area contributed by atoms with Gasteiger partial charge in [-0.2, -0.15) is 0 Å². The van der Waals surface area contributed by atoms with Crippen molar-refractivity contribution in [2.24, 2.45) is 0 Å². The fourth-order valence-corrected chi connectivity index (χ4v) is 2.76. The van der Waals surface area contributed by atoms with Gasteiger partial charge in [-0.1, -0.05) is 12.1 Å². The van der Waals surface area contributed by atoms with Crippen LogP contribution in [0.15, 0.2) is 42.6 Å². The number of hydrogen-bond donors (Lipinski definition) is 2. The van der Waals surface area contributed by atoms with Gasteiger partial charge in [-0.05, 0) is 45.0 Å². The van der Waals surface area contributed by atoms with Gasteiger partial charge in [-0.15, -0.1) is 0 Å². The Balaban J connectivity index is 1.66. The van der Waals surface area contributed by atoms with E-state index in [-0.39, 0.29) is 0 Å². The van der Waals surface area contributed by atoms with Crippen LogP contribution in [0.4, 0.5) is 27.7 Å². The first-order valence-electron chi connectivity index (χ1n) is 9.05. The molecule has 0 radical (unpaired) electrons. The number of aromatic nitrogens is 1. The van der Waals surface area contributed by atoms with Gasteiger partial charge in [0, 0.05) is 13.1 Å². The van der Waals surface area contributed by atoms with Crippen LogP contribution in [0.1, 0.15) is 20.8 Å². The largest absolute Gasteiger partial charge is 0.444 e. The molecule has 144 valence electrons. The molecule has 1 saturated heterocycles. The van der Waals surface area contributed by atoms with Crippen LogP contribution in [-0.4, -0.2) is 43.0 Å². The third kappa shape index (κ3) is 5.59. The summed E-state index contributed by atoms with van der Waals surface area (Å²) in [6, 6.07) is 11.7. The van der Waals surface area contributed by atoms with Crippen LogP contribution < -0.4 is 15.5 Å². The Hall–Kier alpha value is -2.80. The average Bonchev–Trinajstić information content (AvgIpc) is 2.63. The number of para-hydroxylation sites is 2. The molecular formula is C20H26N4O3. The Labute approximate surface area is 159 Å². The third-order valence-electron chi connectivity index (χ3n) is 3.93. The van der Waals surface area contributed by atoms with Gasteiger partial charge in [0.1, 0.15) is 11.4 Å². The molecule has 2 heterocycles. The number of carbonyl (C=O) groups is 1. The second-order valence-electron chi connectivity index (χ2n) is 7.30. The van der Waals surface area contributed by atoms with E-state index in [1.165, 1.54) is 0 Å². The number of hydrogen-bond acceptors (Lipinski definition) is 6. The van der Waals surface area contributed by atoms with Gasteiger partial charge in [-0.3, -0.25) is 5.32 Å². The van der Waals surface area contributed by atoms with E-state index in [0.29, 0.717) is 11.5 Å². The monoisotopic (exact) mass is 370 g/mol. The van der Waals surface area contributed by atoms with E-state index in [0.717, 1.165) is 37.7 Å². The minimum Gasteiger partial charge on any atom is -0.444 e. The van der Waals surface area contributed by atoms with Crippen LogP contribution in [0.5, 0.6) is 0 Å². The van der Waals surface area contributed by atoms with E-state index in [1.807, 2.05) is 45.0 Å². The molecule has 1 amide bonds. The van der Waals surface area contributed by atoms with Gasteiger partial charge >= 0.3 is 6.09 Å². The molecule has 7 heteroatoms. The van der Waals surface area contributed by atoms with Crippen molar-refractivity contribution in [3.05, 3.63) is 42.6 Å². The van der Waals surface area contributed by atoms with E-state index in [4.69, 9.17) is 9.47 Å². The van der Waals surface area contributed by atoms with Crippen LogP contribution in [-0.2, 0) is 9.47 Å². The van der Waals surface area contributed by atoms with Gasteiger partial charge in [0.15, 0.2) is 0 Å². The van der Waals surface area contributed by atoms with Crippen LogP contribution in [0, 0.1) is 0 Å². The van der Waals surface area contributed by atoms with Crippen molar-refractivity contribution in [3.8, 4) is 0 Å². The van der Waals surface area contributed by atoms with Crippen molar-refractivity contribution in [1.29, 1.82) is 0 Å². The third-order valence-corrected chi connectivity index (χ3v) is 3.93. The van der Waals surface area contributed by atoms with Crippen molar-refractivity contribution < 1.29 is 14.3 Å². The highest BCUT2D eigenvalue weighted by atomic mass is 16.6. The summed E-state index contributed by atoms with van der Waals surface area (Å²) < 4.78 is 10.7. The summed E-state index contributed by atoms with van der Waals surface area (Å²) in [6.45, 7) is 8.67. The second-order valence-corrected chi connectivity index (χ2v) is 7.30. The summed E-state index contributed by atoms with van der Waals surface area (Å²) >= 11 is 0. The molecule has 0 bridgehead atoms. The fourth-order valence-electron chi connectivity index (χ4n) is 2.76. The van der Waals surface area contributed by atoms with E-state index >= 15 is 0 Å². The number of rotatable bonds is 4. The second kappa shape index (κ2) is 8.26. The number of ether oxygens (including phenoxy) is 2. The smallest absolute Gasteiger partial charge is 0.412 e. The SMILES string of the molecule is CC(C)(C)OC(=O)Nc1ccc(Nc2ccccc2N2CCOCC2)nc1. The Morgan fingerprint density at radius 2 is 1.89 bits per heavy atom. The first kappa shape index (κ1) is 19.0. The Kier molecular flexibility index (Phi) is 5.81. The first-order chi connectivity index (χ1) is 12.9. The lowest BCUT2D eigenvalue weighted by atomic mass is 10.2. The summed E-state index contributed by atoms with van der Waals surface area (Å²) in [5, 5.41) is 6.03. The molecule has 2 aromatic rings. The highest BCUT2D eigenvalue weighted by Crippen LogP contribution is 2.28. The first-order valence-corrected chi connectivity index (χ1v) is 9.05. The molecular weight excluding hydrogens is 344 g/mol. The minimum atomic E-state index is -0.539. The van der Waals surface area contributed by atoms with Crippen LogP contribution in [0.3, 0.4) is 0 Å². The molecule has 1 aliphatic rings. The zero-order chi connectivity index (χ0) is 19.3. The van der Waals surface area contributed by atoms with Crippen molar-refractivity contribution in [2.75, 3.05) is 41.8 Å². The maximum Gasteiger partial charge on any atom is 0.412 e. The van der Waals surface area contributed by atoms with Gasteiger partial charge in [-0.25, -0.2) is 9.78 Å². The van der Waals surface area contributed by atoms with Crippen LogP contribution in [0.25, 0.3) is 0 Å². The summed E-state index contributed by atoms with van der Waals surface area (Å²) in [7, 11) is 0. The summed E-state index contributed by atoms with van der Waals surface area (Å²) in [5.74, 6) is 0.699. The molecule has 1 aromatic carbocycles. The average molecular weight is 370 g/mol. The number of amides is 1. The number of nitrogens with one attached hydrogen (secondary N) is 2. The highest BCUT2D eigenvalue weighted by molar-refractivity contribution is 5.85. The molecule has 0 saturated carbocycles. The summed E-state index contributed by atoms with van der Waals surface area (Å²) in [5.41, 5.74) is 2.15. The highest BCUT2D eigenvalue weighted by Gasteiger charge is 2.17. The summed E-state index contributed by atoms with van der Waals surface area (Å²) in [6.07, 6.45) is 1.10. The molecule has 0 unspecified atom stereocenters. The van der Waals surface area contributed by atoms with Gasteiger partial charge in [0.25, 0.3) is 0 Å². The van der Waals surface area contributed by atoms with E-state index in [1.54, 1.807) is 12.3 Å². The summed E-state index contributed by atoms with van der Waals surface area (Å²) in [4.78, 5) is 18.5. The van der Waals surface area contributed by atoms with Crippen molar-refractivity contribution in [2.45, 2.75) is 26.4 Å². The van der Waals surface area contributed by atoms with Crippen LogP contribution >= 0.6 is 0 Å². The Bertz CT molecular complexity index is 766. The fraction of sp³-hybridized carbons (Fsp3) is 0.400. The Morgan fingerprint density at radius 3 is 2.56 bits per heavy atom.